The second-order valence-corrected chi connectivity index (χ2v) is 4.46. The molecule has 0 spiro atoms. The highest BCUT2D eigenvalue weighted by molar-refractivity contribution is 7.71. The molecule has 5 nitrogen and oxygen atoms in total. The van der Waals surface area contributed by atoms with Crippen molar-refractivity contribution in [3.8, 4) is 5.75 Å². The SMILES string of the molecule is COCCOCCn1c(=S)[nH]c2cc(OC)ccc21. The zero-order chi connectivity index (χ0) is 13.7. The number of aromatic amines is 1. The summed E-state index contributed by atoms with van der Waals surface area (Å²) in [4.78, 5) is 3.17. The molecule has 0 aliphatic carbocycles. The van der Waals surface area contributed by atoms with Crippen LogP contribution in [0, 0.1) is 4.77 Å². The van der Waals surface area contributed by atoms with Crippen LogP contribution in [0.1, 0.15) is 0 Å². The highest BCUT2D eigenvalue weighted by Crippen LogP contribution is 2.20. The Kier molecular flexibility index (Phi) is 4.95. The van der Waals surface area contributed by atoms with Gasteiger partial charge in [-0.3, -0.25) is 0 Å². The lowest BCUT2D eigenvalue weighted by molar-refractivity contribution is 0.0668. The van der Waals surface area contributed by atoms with E-state index in [-0.39, 0.29) is 0 Å². The van der Waals surface area contributed by atoms with Gasteiger partial charge in [0.05, 0.1) is 38.0 Å². The lowest BCUT2D eigenvalue weighted by Gasteiger charge is -2.06. The maximum absolute atomic E-state index is 5.47. The maximum atomic E-state index is 5.47. The lowest BCUT2D eigenvalue weighted by Crippen LogP contribution is -2.09. The van der Waals surface area contributed by atoms with Gasteiger partial charge in [-0.2, -0.15) is 0 Å². The number of nitrogens with one attached hydrogen (secondary N) is 1. The van der Waals surface area contributed by atoms with Gasteiger partial charge in [0.15, 0.2) is 4.77 Å². The summed E-state index contributed by atoms with van der Waals surface area (Å²) in [6.45, 7) is 2.53. The molecule has 0 saturated carbocycles. The fraction of sp³-hybridized carbons (Fsp3) is 0.462. The van der Waals surface area contributed by atoms with Crippen molar-refractivity contribution < 1.29 is 14.2 Å². The number of fused-ring (bicyclic) bond motifs is 1. The third-order valence-corrected chi connectivity index (χ3v) is 3.19. The molecule has 2 rings (SSSR count). The average Bonchev–Trinajstić information content (AvgIpc) is 2.73. The number of nitrogens with zero attached hydrogens (tertiary/aromatic N) is 1. The molecular weight excluding hydrogens is 264 g/mol. The number of rotatable bonds is 7. The van der Waals surface area contributed by atoms with E-state index >= 15 is 0 Å². The van der Waals surface area contributed by atoms with E-state index < -0.39 is 0 Å². The maximum Gasteiger partial charge on any atom is 0.178 e. The minimum absolute atomic E-state index is 0.597. The fourth-order valence-electron chi connectivity index (χ4n) is 1.89. The molecule has 0 fully saturated rings. The first-order valence-corrected chi connectivity index (χ1v) is 6.50. The minimum Gasteiger partial charge on any atom is -0.497 e. The quantitative estimate of drug-likeness (QED) is 0.625. The van der Waals surface area contributed by atoms with Crippen molar-refractivity contribution in [3.63, 3.8) is 0 Å². The van der Waals surface area contributed by atoms with E-state index in [0.717, 1.165) is 23.3 Å². The van der Waals surface area contributed by atoms with E-state index in [9.17, 15) is 0 Å². The van der Waals surface area contributed by atoms with Crippen LogP contribution >= 0.6 is 12.2 Å². The Balaban J connectivity index is 2.10. The van der Waals surface area contributed by atoms with Crippen LogP contribution in [0.25, 0.3) is 11.0 Å². The van der Waals surface area contributed by atoms with Crippen molar-refractivity contribution in [2.75, 3.05) is 34.0 Å². The number of methoxy groups -OCH3 is 2. The van der Waals surface area contributed by atoms with Gasteiger partial charge in [-0.05, 0) is 24.4 Å². The molecule has 1 aromatic heterocycles. The molecule has 2 aromatic rings. The Bertz CT molecular complexity index is 591. The van der Waals surface area contributed by atoms with Gasteiger partial charge >= 0.3 is 0 Å². The predicted octanol–water partition coefficient (Wildman–Crippen LogP) is 2.37. The number of hydrogen-bond acceptors (Lipinski definition) is 4. The van der Waals surface area contributed by atoms with Gasteiger partial charge in [0, 0.05) is 19.7 Å². The zero-order valence-corrected chi connectivity index (χ0v) is 12.0. The highest BCUT2D eigenvalue weighted by atomic mass is 32.1. The third kappa shape index (κ3) is 3.34. The van der Waals surface area contributed by atoms with Crippen LogP contribution < -0.4 is 4.74 Å². The Hall–Kier alpha value is -1.37. The third-order valence-electron chi connectivity index (χ3n) is 2.87. The van der Waals surface area contributed by atoms with Gasteiger partial charge in [-0.15, -0.1) is 0 Å². The van der Waals surface area contributed by atoms with Gasteiger partial charge in [0.2, 0.25) is 0 Å². The Morgan fingerprint density at radius 3 is 2.79 bits per heavy atom. The topological polar surface area (TPSA) is 48.4 Å². The van der Waals surface area contributed by atoms with Crippen LogP contribution in [0.2, 0.25) is 0 Å². The van der Waals surface area contributed by atoms with E-state index in [1.165, 1.54) is 0 Å². The first-order chi connectivity index (χ1) is 9.26. The van der Waals surface area contributed by atoms with Crippen molar-refractivity contribution >= 4 is 23.3 Å². The number of imidazole rings is 1. The van der Waals surface area contributed by atoms with Crippen LogP contribution in [-0.2, 0) is 16.0 Å². The number of H-pyrrole nitrogens is 1. The molecule has 6 heteroatoms. The van der Waals surface area contributed by atoms with Crippen LogP contribution in [0.3, 0.4) is 0 Å². The highest BCUT2D eigenvalue weighted by Gasteiger charge is 2.05. The molecule has 1 aromatic carbocycles. The van der Waals surface area contributed by atoms with Crippen molar-refractivity contribution in [2.45, 2.75) is 6.54 Å². The number of ether oxygens (including phenoxy) is 3. The van der Waals surface area contributed by atoms with Crippen molar-refractivity contribution in [3.05, 3.63) is 23.0 Å². The van der Waals surface area contributed by atoms with Gasteiger partial charge in [-0.25, -0.2) is 0 Å². The molecule has 0 radical (unpaired) electrons. The largest absolute Gasteiger partial charge is 0.497 e. The molecule has 0 unspecified atom stereocenters. The zero-order valence-electron chi connectivity index (χ0n) is 11.1. The van der Waals surface area contributed by atoms with Crippen LogP contribution in [0.15, 0.2) is 18.2 Å². The molecule has 0 atom stereocenters. The predicted molar refractivity (Wildman–Crippen MR) is 76.4 cm³/mol. The Morgan fingerprint density at radius 1 is 1.21 bits per heavy atom. The van der Waals surface area contributed by atoms with Crippen LogP contribution in [0.4, 0.5) is 0 Å². The van der Waals surface area contributed by atoms with Crippen LogP contribution in [0.5, 0.6) is 5.75 Å². The van der Waals surface area contributed by atoms with E-state index in [4.69, 9.17) is 26.4 Å². The van der Waals surface area contributed by atoms with Gasteiger partial charge < -0.3 is 23.8 Å². The van der Waals surface area contributed by atoms with Crippen molar-refractivity contribution in [1.82, 2.24) is 9.55 Å². The van der Waals surface area contributed by atoms with Gasteiger partial charge in [0.1, 0.15) is 5.75 Å². The summed E-state index contributed by atoms with van der Waals surface area (Å²) in [6.07, 6.45) is 0. The summed E-state index contributed by atoms with van der Waals surface area (Å²) in [7, 11) is 3.31. The van der Waals surface area contributed by atoms with E-state index in [0.29, 0.717) is 24.6 Å². The number of aromatic nitrogens is 2. The van der Waals surface area contributed by atoms with Crippen molar-refractivity contribution in [1.29, 1.82) is 0 Å². The number of benzene rings is 1. The molecule has 0 saturated heterocycles. The fourth-order valence-corrected chi connectivity index (χ4v) is 2.19. The summed E-state index contributed by atoms with van der Waals surface area (Å²) in [5.74, 6) is 0.812. The molecular formula is C13H18N2O3S. The average molecular weight is 282 g/mol. The first kappa shape index (κ1) is 14.0. The first-order valence-electron chi connectivity index (χ1n) is 6.09. The molecule has 104 valence electrons. The van der Waals surface area contributed by atoms with Crippen LogP contribution in [-0.4, -0.2) is 43.6 Å². The smallest absolute Gasteiger partial charge is 0.178 e. The Morgan fingerprint density at radius 2 is 2.05 bits per heavy atom. The summed E-state index contributed by atoms with van der Waals surface area (Å²) >= 11 is 5.32. The monoisotopic (exact) mass is 282 g/mol. The number of hydrogen-bond donors (Lipinski definition) is 1. The normalized spacial score (nSPS) is 11.1. The Labute approximate surface area is 117 Å². The lowest BCUT2D eigenvalue weighted by atomic mass is 10.3. The molecule has 0 amide bonds. The van der Waals surface area contributed by atoms with E-state index in [1.54, 1.807) is 14.2 Å². The molecule has 1 heterocycles. The molecule has 0 aliphatic rings. The molecule has 0 bridgehead atoms. The van der Waals surface area contributed by atoms with E-state index in [2.05, 4.69) is 4.98 Å². The summed E-state index contributed by atoms with van der Waals surface area (Å²) in [5.41, 5.74) is 2.03. The van der Waals surface area contributed by atoms with Gasteiger partial charge in [0.25, 0.3) is 0 Å². The standard InChI is InChI=1S/C13H18N2O3S/c1-16-7-8-18-6-5-15-12-4-3-10(17-2)9-11(12)14-13(15)19/h3-4,9H,5-8H2,1-2H3,(H,14,19). The summed E-state index contributed by atoms with van der Waals surface area (Å²) in [6, 6.07) is 5.86. The summed E-state index contributed by atoms with van der Waals surface area (Å²) in [5, 5.41) is 0. The minimum atomic E-state index is 0.597. The second-order valence-electron chi connectivity index (χ2n) is 4.07. The van der Waals surface area contributed by atoms with Crippen molar-refractivity contribution in [2.24, 2.45) is 0 Å². The van der Waals surface area contributed by atoms with E-state index in [1.807, 2.05) is 22.8 Å². The molecule has 1 N–H and O–H groups in total. The second kappa shape index (κ2) is 6.70. The summed E-state index contributed by atoms with van der Waals surface area (Å²) < 4.78 is 18.3. The molecule has 0 aliphatic heterocycles. The van der Waals surface area contributed by atoms with Gasteiger partial charge in [-0.1, -0.05) is 0 Å². The molecule has 19 heavy (non-hydrogen) atoms.